The van der Waals surface area contributed by atoms with Crippen molar-refractivity contribution in [2.24, 2.45) is 0 Å². The fourth-order valence-corrected chi connectivity index (χ4v) is 3.81. The molecular formula is C28H24F7NO2. The van der Waals surface area contributed by atoms with E-state index in [0.717, 1.165) is 18.7 Å². The Balaban J connectivity index is 2.32. The summed E-state index contributed by atoms with van der Waals surface area (Å²) < 4.78 is 103. The number of hydrogen-bond acceptors (Lipinski definition) is 3. The van der Waals surface area contributed by atoms with Crippen LogP contribution in [0.3, 0.4) is 0 Å². The average molecular weight is 539 g/mol. The maximum Gasteiger partial charge on any atom is 0.422 e. The Morgan fingerprint density at radius 1 is 0.789 bits per heavy atom. The molecule has 0 fully saturated rings. The molecule has 0 heterocycles. The third-order valence-corrected chi connectivity index (χ3v) is 5.91. The van der Waals surface area contributed by atoms with Crippen LogP contribution >= 0.6 is 0 Å². The first-order chi connectivity index (χ1) is 17.6. The summed E-state index contributed by atoms with van der Waals surface area (Å²) in [6.07, 6.45) is -3.19. The summed E-state index contributed by atoms with van der Waals surface area (Å²) in [7, 11) is 0.972. The number of alkyl halides is 3. The Morgan fingerprint density at radius 3 is 1.74 bits per heavy atom. The van der Waals surface area contributed by atoms with Gasteiger partial charge in [-0.3, -0.25) is 0 Å². The quantitative estimate of drug-likeness (QED) is 0.198. The predicted octanol–water partition coefficient (Wildman–Crippen LogP) is 7.75. The Morgan fingerprint density at radius 2 is 1.29 bits per heavy atom. The first kappa shape index (κ1) is 28.7. The second kappa shape index (κ2) is 10.5. The molecule has 1 N–H and O–H groups in total. The van der Waals surface area contributed by atoms with E-state index in [1.54, 1.807) is 42.5 Å². The van der Waals surface area contributed by atoms with Gasteiger partial charge in [0.2, 0.25) is 0 Å². The molecule has 0 bridgehead atoms. The largest absolute Gasteiger partial charge is 0.467 e. The normalized spacial score (nSPS) is 13.9. The number of carbonyl (C=O) groups excluding carboxylic acids is 1. The number of hydrogen-bond donors (Lipinski definition) is 1. The molecule has 0 radical (unpaired) electrons. The van der Waals surface area contributed by atoms with Gasteiger partial charge in [0, 0.05) is 0 Å². The number of esters is 1. The molecule has 3 nitrogen and oxygen atoms in total. The zero-order valence-electron chi connectivity index (χ0n) is 20.8. The minimum absolute atomic E-state index is 0.0315. The van der Waals surface area contributed by atoms with Gasteiger partial charge in [0.05, 0.1) is 7.11 Å². The molecule has 0 aliphatic rings. The van der Waals surface area contributed by atoms with Crippen molar-refractivity contribution in [2.75, 3.05) is 12.4 Å². The van der Waals surface area contributed by atoms with Gasteiger partial charge in [-0.1, -0.05) is 81.4 Å². The van der Waals surface area contributed by atoms with Crippen LogP contribution in [-0.2, 0) is 26.7 Å². The lowest BCUT2D eigenvalue weighted by molar-refractivity contribution is -0.145. The van der Waals surface area contributed by atoms with Crippen LogP contribution in [0.25, 0.3) is 6.08 Å². The van der Waals surface area contributed by atoms with Gasteiger partial charge in [-0.05, 0) is 28.2 Å². The molecule has 3 rings (SSSR count). The monoisotopic (exact) mass is 539 g/mol. The predicted molar refractivity (Wildman–Crippen MR) is 129 cm³/mol. The lowest BCUT2D eigenvalue weighted by Gasteiger charge is -2.32. The molecule has 202 valence electrons. The van der Waals surface area contributed by atoms with Crippen LogP contribution < -0.4 is 5.32 Å². The van der Waals surface area contributed by atoms with Crippen LogP contribution in [0.4, 0.5) is 36.4 Å². The lowest BCUT2D eigenvalue weighted by Crippen LogP contribution is -2.43. The third kappa shape index (κ3) is 5.54. The molecule has 0 amide bonds. The summed E-state index contributed by atoms with van der Waals surface area (Å²) in [4.78, 5) is 13.2. The van der Waals surface area contributed by atoms with Gasteiger partial charge in [0.25, 0.3) is 0 Å². The Hall–Kier alpha value is -3.82. The molecule has 1 atom stereocenters. The van der Waals surface area contributed by atoms with E-state index in [9.17, 15) is 35.5 Å². The fraction of sp³-hybridized carbons (Fsp3) is 0.250. The molecule has 10 heteroatoms. The Labute approximate surface area is 214 Å². The second-order valence-corrected chi connectivity index (χ2v) is 9.50. The third-order valence-electron chi connectivity index (χ3n) is 5.91. The number of carbonyl (C=O) groups is 1. The molecule has 0 aromatic heterocycles. The molecule has 0 spiro atoms. The highest BCUT2D eigenvalue weighted by molar-refractivity contribution is 5.90. The van der Waals surface area contributed by atoms with Crippen molar-refractivity contribution in [2.45, 2.75) is 37.9 Å². The summed E-state index contributed by atoms with van der Waals surface area (Å²) in [5.41, 5.74) is -5.61. The van der Waals surface area contributed by atoms with Crippen LogP contribution in [-0.4, -0.2) is 13.1 Å². The van der Waals surface area contributed by atoms with Crippen molar-refractivity contribution < 1.29 is 40.3 Å². The fourth-order valence-electron chi connectivity index (χ4n) is 3.81. The van der Waals surface area contributed by atoms with Gasteiger partial charge in [-0.2, -0.15) is 13.2 Å². The van der Waals surface area contributed by atoms with Crippen molar-refractivity contribution in [1.29, 1.82) is 0 Å². The number of nitrogens with one attached hydrogen (secondary N) is 1. The van der Waals surface area contributed by atoms with E-state index in [4.69, 9.17) is 4.74 Å². The first-order valence-electron chi connectivity index (χ1n) is 11.3. The molecule has 0 aliphatic carbocycles. The molecular weight excluding hydrogens is 515 g/mol. The zero-order valence-corrected chi connectivity index (χ0v) is 20.8. The smallest absolute Gasteiger partial charge is 0.422 e. The maximum atomic E-state index is 14.9. The van der Waals surface area contributed by atoms with Crippen molar-refractivity contribution in [3.05, 3.63) is 106 Å². The van der Waals surface area contributed by atoms with Gasteiger partial charge < -0.3 is 10.1 Å². The molecule has 38 heavy (non-hydrogen) atoms. The standard InChI is InChI=1S/C28H24F7NO2/c1-26(2,3)17-10-12-18(13-11-17)27(25(37)38-4,15-14-16-8-6-5-7-9-16)36-24-22(31)20(29)19(28(33,34)35)21(30)23(24)32/h5-15,36H,1-4H3/b15-14+. The van der Waals surface area contributed by atoms with Crippen molar-refractivity contribution >= 4 is 17.7 Å². The molecule has 3 aromatic carbocycles. The molecule has 3 aromatic rings. The summed E-state index contributed by atoms with van der Waals surface area (Å²) in [5.74, 6) is -11.2. The van der Waals surface area contributed by atoms with Crippen molar-refractivity contribution in [3.8, 4) is 0 Å². The zero-order chi connectivity index (χ0) is 28.5. The minimum Gasteiger partial charge on any atom is -0.467 e. The SMILES string of the molecule is COC(=O)C(/C=C/c1ccccc1)(Nc1c(F)c(F)c(C(F)(F)F)c(F)c1F)c1ccc(C(C)(C)C)cc1. The van der Waals surface area contributed by atoms with Gasteiger partial charge in [-0.25, -0.2) is 22.4 Å². The van der Waals surface area contributed by atoms with E-state index in [1.807, 2.05) is 20.8 Å². The highest BCUT2D eigenvalue weighted by atomic mass is 19.4. The Bertz CT molecular complexity index is 1320. The van der Waals surface area contributed by atoms with E-state index in [1.165, 1.54) is 18.2 Å². The lowest BCUT2D eigenvalue weighted by atomic mass is 9.83. The van der Waals surface area contributed by atoms with E-state index in [0.29, 0.717) is 5.56 Å². The summed E-state index contributed by atoms with van der Waals surface area (Å²) >= 11 is 0. The number of benzene rings is 3. The topological polar surface area (TPSA) is 38.3 Å². The summed E-state index contributed by atoms with van der Waals surface area (Å²) in [6, 6.07) is 14.5. The van der Waals surface area contributed by atoms with Crippen LogP contribution in [0.15, 0.2) is 60.7 Å². The average Bonchev–Trinajstić information content (AvgIpc) is 2.86. The maximum absolute atomic E-state index is 14.9. The number of ether oxygens (including phenoxy) is 1. The molecule has 0 saturated heterocycles. The summed E-state index contributed by atoms with van der Waals surface area (Å²) in [6.45, 7) is 5.75. The van der Waals surface area contributed by atoms with Crippen molar-refractivity contribution in [3.63, 3.8) is 0 Å². The second-order valence-electron chi connectivity index (χ2n) is 9.50. The van der Waals surface area contributed by atoms with Crippen molar-refractivity contribution in [1.82, 2.24) is 0 Å². The number of halogens is 7. The van der Waals surface area contributed by atoms with Crippen LogP contribution in [0.1, 0.15) is 43.0 Å². The molecule has 1 unspecified atom stereocenters. The van der Waals surface area contributed by atoms with Gasteiger partial charge in [-0.15, -0.1) is 0 Å². The van der Waals surface area contributed by atoms with Gasteiger partial charge in [0.15, 0.2) is 28.8 Å². The van der Waals surface area contributed by atoms with Crippen LogP contribution in [0.5, 0.6) is 0 Å². The number of anilines is 1. The molecule has 0 aliphatic heterocycles. The first-order valence-corrected chi connectivity index (χ1v) is 11.3. The van der Waals surface area contributed by atoms with E-state index < -0.39 is 52.2 Å². The van der Waals surface area contributed by atoms with E-state index >= 15 is 0 Å². The Kier molecular flexibility index (Phi) is 7.95. The van der Waals surface area contributed by atoms with Crippen LogP contribution in [0, 0.1) is 23.3 Å². The van der Waals surface area contributed by atoms with Gasteiger partial charge in [0.1, 0.15) is 11.3 Å². The van der Waals surface area contributed by atoms with E-state index in [2.05, 4.69) is 5.32 Å². The number of methoxy groups -OCH3 is 1. The highest BCUT2D eigenvalue weighted by Crippen LogP contribution is 2.41. The minimum atomic E-state index is -5.72. The molecule has 0 saturated carbocycles. The van der Waals surface area contributed by atoms with E-state index in [-0.39, 0.29) is 11.0 Å². The van der Waals surface area contributed by atoms with Gasteiger partial charge >= 0.3 is 12.1 Å². The summed E-state index contributed by atoms with van der Waals surface area (Å²) in [5, 5.41) is 2.13. The number of rotatable bonds is 6. The highest BCUT2D eigenvalue weighted by Gasteiger charge is 2.46. The van der Waals surface area contributed by atoms with Crippen LogP contribution in [0.2, 0.25) is 0 Å².